The molecule has 1 heterocycles. The van der Waals surface area contributed by atoms with E-state index in [0.29, 0.717) is 12.3 Å². The highest BCUT2D eigenvalue weighted by molar-refractivity contribution is 5.81. The van der Waals surface area contributed by atoms with Crippen molar-refractivity contribution in [3.05, 3.63) is 53.6 Å². The maximum atomic E-state index is 12.9. The maximum absolute atomic E-state index is 12.9. The lowest BCUT2D eigenvalue weighted by Crippen LogP contribution is -2.44. The Morgan fingerprint density at radius 3 is 2.59 bits per heavy atom. The number of para-hydroxylation sites is 1. The summed E-state index contributed by atoms with van der Waals surface area (Å²) in [4.78, 5) is 12.9. The molecule has 0 radical (unpaired) electrons. The number of ether oxygens (including phenoxy) is 3. The molecule has 0 aromatic heterocycles. The number of rotatable bonds is 6. The van der Waals surface area contributed by atoms with Crippen LogP contribution in [0.4, 0.5) is 0 Å². The highest BCUT2D eigenvalue weighted by atomic mass is 16.5. The Morgan fingerprint density at radius 2 is 1.90 bits per heavy atom. The van der Waals surface area contributed by atoms with Gasteiger partial charge in [0, 0.05) is 18.1 Å². The Balaban J connectivity index is 1.77. The van der Waals surface area contributed by atoms with Crippen molar-refractivity contribution in [2.24, 2.45) is 0 Å². The van der Waals surface area contributed by atoms with Crippen LogP contribution in [0.15, 0.2) is 42.5 Å². The van der Waals surface area contributed by atoms with Gasteiger partial charge in [-0.1, -0.05) is 32.0 Å². The molecule has 3 rings (SSSR count). The van der Waals surface area contributed by atoms with E-state index in [1.807, 2.05) is 56.3 Å². The Kier molecular flexibility index (Phi) is 6.06. The molecule has 5 nitrogen and oxygen atoms in total. The quantitative estimate of drug-likeness (QED) is 0.745. The van der Waals surface area contributed by atoms with Crippen LogP contribution in [-0.2, 0) is 4.79 Å². The third-order valence-electron chi connectivity index (χ3n) is 5.21. The van der Waals surface area contributed by atoms with Gasteiger partial charge in [0.15, 0.2) is 6.10 Å². The monoisotopic (exact) mass is 397 g/mol. The lowest BCUT2D eigenvalue weighted by Gasteiger charge is -2.38. The minimum atomic E-state index is -0.609. The van der Waals surface area contributed by atoms with Gasteiger partial charge in [-0.15, -0.1) is 0 Å². The van der Waals surface area contributed by atoms with Crippen molar-refractivity contribution in [2.45, 2.75) is 64.7 Å². The molecule has 0 fully saturated rings. The summed E-state index contributed by atoms with van der Waals surface area (Å²) in [5.41, 5.74) is 1.65. The van der Waals surface area contributed by atoms with Crippen molar-refractivity contribution in [3.8, 4) is 17.2 Å². The van der Waals surface area contributed by atoms with Crippen LogP contribution in [0.3, 0.4) is 0 Å². The lowest BCUT2D eigenvalue weighted by atomic mass is 9.89. The summed E-state index contributed by atoms with van der Waals surface area (Å²) < 4.78 is 17.4. The van der Waals surface area contributed by atoms with Gasteiger partial charge in [-0.25, -0.2) is 0 Å². The van der Waals surface area contributed by atoms with Crippen LogP contribution < -0.4 is 19.5 Å². The number of benzene rings is 2. The van der Waals surface area contributed by atoms with Crippen LogP contribution in [0.1, 0.15) is 64.1 Å². The zero-order valence-electron chi connectivity index (χ0n) is 18.1. The SMILES string of the molecule is COc1ccc2c(c1)OC(C)(C)CC2NC(=O)C(C)Oc1ccccc1C(C)C. The topological polar surface area (TPSA) is 56.8 Å². The van der Waals surface area contributed by atoms with E-state index in [-0.39, 0.29) is 11.9 Å². The second-order valence-electron chi connectivity index (χ2n) is 8.48. The maximum Gasteiger partial charge on any atom is 0.261 e. The molecule has 2 atom stereocenters. The minimum Gasteiger partial charge on any atom is -0.497 e. The number of carbonyl (C=O) groups excluding carboxylic acids is 1. The van der Waals surface area contributed by atoms with Gasteiger partial charge in [-0.3, -0.25) is 4.79 Å². The number of methoxy groups -OCH3 is 1. The first-order chi connectivity index (χ1) is 13.7. The average Bonchev–Trinajstić information content (AvgIpc) is 2.66. The molecular weight excluding hydrogens is 366 g/mol. The van der Waals surface area contributed by atoms with Crippen molar-refractivity contribution in [2.75, 3.05) is 7.11 Å². The molecule has 1 amide bonds. The number of amides is 1. The van der Waals surface area contributed by atoms with Crippen molar-refractivity contribution >= 4 is 5.91 Å². The normalized spacial score (nSPS) is 18.4. The van der Waals surface area contributed by atoms with Crippen LogP contribution in [0.25, 0.3) is 0 Å². The molecule has 5 heteroatoms. The molecule has 29 heavy (non-hydrogen) atoms. The number of fused-ring (bicyclic) bond motifs is 1. The van der Waals surface area contributed by atoms with E-state index in [4.69, 9.17) is 14.2 Å². The van der Waals surface area contributed by atoms with Crippen molar-refractivity contribution in [1.82, 2.24) is 5.32 Å². The minimum absolute atomic E-state index is 0.145. The summed E-state index contributed by atoms with van der Waals surface area (Å²) in [6, 6.07) is 13.4. The summed E-state index contributed by atoms with van der Waals surface area (Å²) in [6.07, 6.45) is 0.0652. The second kappa shape index (κ2) is 8.36. The predicted octanol–water partition coefficient (Wildman–Crippen LogP) is 5.00. The zero-order valence-corrected chi connectivity index (χ0v) is 18.1. The summed E-state index contributed by atoms with van der Waals surface area (Å²) >= 11 is 0. The Bertz CT molecular complexity index is 875. The fourth-order valence-electron chi connectivity index (χ4n) is 3.69. The van der Waals surface area contributed by atoms with Gasteiger partial charge in [-0.2, -0.15) is 0 Å². The van der Waals surface area contributed by atoms with Gasteiger partial charge in [0.05, 0.1) is 13.2 Å². The number of hydrogen-bond acceptors (Lipinski definition) is 4. The van der Waals surface area contributed by atoms with Gasteiger partial charge >= 0.3 is 0 Å². The van der Waals surface area contributed by atoms with E-state index in [9.17, 15) is 4.79 Å². The Morgan fingerprint density at radius 1 is 1.17 bits per heavy atom. The predicted molar refractivity (Wildman–Crippen MR) is 114 cm³/mol. The van der Waals surface area contributed by atoms with E-state index in [1.54, 1.807) is 14.0 Å². The molecule has 0 saturated heterocycles. The summed E-state index contributed by atoms with van der Waals surface area (Å²) in [5.74, 6) is 2.40. The third-order valence-corrected chi connectivity index (χ3v) is 5.21. The molecule has 1 N–H and O–H groups in total. The molecule has 2 aromatic carbocycles. The largest absolute Gasteiger partial charge is 0.497 e. The highest BCUT2D eigenvalue weighted by Gasteiger charge is 2.35. The lowest BCUT2D eigenvalue weighted by molar-refractivity contribution is -0.128. The fourth-order valence-corrected chi connectivity index (χ4v) is 3.69. The van der Waals surface area contributed by atoms with Crippen molar-refractivity contribution in [3.63, 3.8) is 0 Å². The van der Waals surface area contributed by atoms with E-state index in [1.165, 1.54) is 0 Å². The van der Waals surface area contributed by atoms with Crippen LogP contribution in [-0.4, -0.2) is 24.7 Å². The fraction of sp³-hybridized carbons (Fsp3) is 0.458. The van der Waals surface area contributed by atoms with Crippen molar-refractivity contribution < 1.29 is 19.0 Å². The van der Waals surface area contributed by atoms with Gasteiger partial charge in [0.1, 0.15) is 22.8 Å². The third kappa shape index (κ3) is 4.84. The molecule has 1 aliphatic rings. The number of hydrogen-bond donors (Lipinski definition) is 1. The molecule has 156 valence electrons. The molecule has 1 aliphatic heterocycles. The van der Waals surface area contributed by atoms with Crippen LogP contribution in [0.5, 0.6) is 17.2 Å². The van der Waals surface area contributed by atoms with Crippen LogP contribution >= 0.6 is 0 Å². The van der Waals surface area contributed by atoms with Gasteiger partial charge in [-0.05, 0) is 50.5 Å². The van der Waals surface area contributed by atoms with E-state index < -0.39 is 11.7 Å². The zero-order chi connectivity index (χ0) is 21.2. The summed E-state index contributed by atoms with van der Waals surface area (Å²) in [7, 11) is 1.63. The number of nitrogens with one attached hydrogen (secondary N) is 1. The molecule has 0 aliphatic carbocycles. The number of carbonyl (C=O) groups is 1. The van der Waals surface area contributed by atoms with Gasteiger partial charge in [0.25, 0.3) is 5.91 Å². The first kappa shape index (κ1) is 21.0. The summed E-state index contributed by atoms with van der Waals surface area (Å²) in [5, 5.41) is 3.15. The van der Waals surface area contributed by atoms with E-state index >= 15 is 0 Å². The molecule has 2 unspecified atom stereocenters. The van der Waals surface area contributed by atoms with Gasteiger partial charge < -0.3 is 19.5 Å². The average molecular weight is 398 g/mol. The Hall–Kier alpha value is -2.69. The second-order valence-corrected chi connectivity index (χ2v) is 8.48. The Labute approximate surface area is 173 Å². The van der Waals surface area contributed by atoms with E-state index in [0.717, 1.165) is 28.4 Å². The van der Waals surface area contributed by atoms with Gasteiger partial charge in [0.2, 0.25) is 0 Å². The first-order valence-electron chi connectivity index (χ1n) is 10.1. The molecule has 0 bridgehead atoms. The first-order valence-corrected chi connectivity index (χ1v) is 10.1. The standard InChI is InChI=1S/C24H31NO4/c1-15(2)18-9-7-8-10-21(18)28-16(3)23(26)25-20-14-24(4,5)29-22-13-17(27-6)11-12-19(20)22/h7-13,15-16,20H,14H2,1-6H3,(H,25,26). The van der Waals surface area contributed by atoms with E-state index in [2.05, 4.69) is 19.2 Å². The highest BCUT2D eigenvalue weighted by Crippen LogP contribution is 2.41. The molecular formula is C24H31NO4. The summed E-state index contributed by atoms with van der Waals surface area (Å²) in [6.45, 7) is 10.1. The smallest absolute Gasteiger partial charge is 0.261 e. The molecule has 0 saturated carbocycles. The van der Waals surface area contributed by atoms with Crippen LogP contribution in [0.2, 0.25) is 0 Å². The van der Waals surface area contributed by atoms with Crippen molar-refractivity contribution in [1.29, 1.82) is 0 Å². The van der Waals surface area contributed by atoms with Crippen LogP contribution in [0, 0.1) is 0 Å². The molecule has 2 aromatic rings. The molecule has 0 spiro atoms.